The summed E-state index contributed by atoms with van der Waals surface area (Å²) in [6.07, 6.45) is 0.440. The molecule has 0 heterocycles. The second kappa shape index (κ2) is 4.81. The summed E-state index contributed by atoms with van der Waals surface area (Å²) in [6, 6.07) is 0.0299. The van der Waals surface area contributed by atoms with Gasteiger partial charge in [0, 0.05) is 18.0 Å². The van der Waals surface area contributed by atoms with E-state index in [9.17, 15) is 5.11 Å². The molecule has 0 spiro atoms. The van der Waals surface area contributed by atoms with Crippen LogP contribution < -0.4 is 11.1 Å². The van der Waals surface area contributed by atoms with Crippen molar-refractivity contribution >= 4 is 5.84 Å². The largest absolute Gasteiger partial charge is 0.409 e. The van der Waals surface area contributed by atoms with Crippen molar-refractivity contribution in [2.75, 3.05) is 0 Å². The van der Waals surface area contributed by atoms with E-state index in [1.54, 1.807) is 13.8 Å². The number of nitrogens with one attached hydrogen (secondary N) is 1. The zero-order valence-corrected chi connectivity index (χ0v) is 10.2. The summed E-state index contributed by atoms with van der Waals surface area (Å²) in [5.41, 5.74) is 4.12. The highest BCUT2D eigenvalue weighted by Crippen LogP contribution is 2.21. The lowest BCUT2D eigenvalue weighted by molar-refractivity contribution is -0.00875. The van der Waals surface area contributed by atoms with Gasteiger partial charge < -0.3 is 21.4 Å². The summed E-state index contributed by atoms with van der Waals surface area (Å²) < 4.78 is 0. The molecule has 0 aliphatic rings. The fourth-order valence-electron chi connectivity index (χ4n) is 1.20. The first kappa shape index (κ1) is 14.2. The van der Waals surface area contributed by atoms with Crippen molar-refractivity contribution in [3.63, 3.8) is 0 Å². The maximum atomic E-state index is 9.91. The number of hydrogen-bond donors (Lipinski definition) is 4. The Morgan fingerprint density at radius 2 is 1.87 bits per heavy atom. The molecule has 0 saturated carbocycles. The van der Waals surface area contributed by atoms with E-state index in [4.69, 9.17) is 10.9 Å². The quantitative estimate of drug-likeness (QED) is 0.235. The smallest absolute Gasteiger partial charge is 0.140 e. The van der Waals surface area contributed by atoms with E-state index in [0.29, 0.717) is 6.42 Å². The van der Waals surface area contributed by atoms with Crippen molar-refractivity contribution in [1.29, 1.82) is 0 Å². The Balaban J connectivity index is 4.35. The van der Waals surface area contributed by atoms with Gasteiger partial charge in [-0.25, -0.2) is 0 Å². The zero-order valence-electron chi connectivity index (χ0n) is 10.2. The molecule has 1 unspecified atom stereocenters. The van der Waals surface area contributed by atoms with E-state index in [1.165, 1.54) is 0 Å². The van der Waals surface area contributed by atoms with Crippen LogP contribution in [0.2, 0.25) is 0 Å². The van der Waals surface area contributed by atoms with Crippen molar-refractivity contribution in [1.82, 2.24) is 5.32 Å². The number of rotatable bonds is 5. The van der Waals surface area contributed by atoms with Crippen molar-refractivity contribution in [3.8, 4) is 0 Å². The Morgan fingerprint density at radius 1 is 1.40 bits per heavy atom. The van der Waals surface area contributed by atoms with Crippen LogP contribution >= 0.6 is 0 Å². The molecule has 0 fully saturated rings. The second-order valence-electron chi connectivity index (χ2n) is 5.02. The topological polar surface area (TPSA) is 90.9 Å². The minimum atomic E-state index is -0.841. The molecule has 0 aromatic heterocycles. The molecular formula is C10H23N3O2. The maximum Gasteiger partial charge on any atom is 0.140 e. The molecule has 0 rings (SSSR count). The molecule has 0 aromatic rings. The van der Waals surface area contributed by atoms with Crippen LogP contribution in [0.3, 0.4) is 0 Å². The molecule has 0 radical (unpaired) electrons. The predicted octanol–water partition coefficient (Wildman–Crippen LogP) is 0.650. The number of oxime groups is 1. The fourth-order valence-corrected chi connectivity index (χ4v) is 1.20. The van der Waals surface area contributed by atoms with Crippen LogP contribution in [0.25, 0.3) is 0 Å². The van der Waals surface area contributed by atoms with Crippen molar-refractivity contribution in [2.45, 2.75) is 58.2 Å². The van der Waals surface area contributed by atoms with Crippen LogP contribution in [0.5, 0.6) is 0 Å². The van der Waals surface area contributed by atoms with E-state index in [1.807, 2.05) is 20.8 Å². The van der Waals surface area contributed by atoms with E-state index in [-0.39, 0.29) is 11.9 Å². The molecule has 5 nitrogen and oxygen atoms in total. The molecule has 5 heteroatoms. The Hall–Kier alpha value is -0.810. The van der Waals surface area contributed by atoms with Gasteiger partial charge in [-0.3, -0.25) is 0 Å². The SMILES string of the molecule is CC(CC(N)=NO)NC(C)(C)C(C)(C)O. The van der Waals surface area contributed by atoms with Crippen molar-refractivity contribution in [3.05, 3.63) is 0 Å². The van der Waals surface area contributed by atoms with Crippen LogP contribution in [0.1, 0.15) is 41.0 Å². The average molecular weight is 217 g/mol. The van der Waals surface area contributed by atoms with Gasteiger partial charge in [-0.1, -0.05) is 5.16 Å². The fraction of sp³-hybridized carbons (Fsp3) is 0.900. The summed E-state index contributed by atoms with van der Waals surface area (Å²) in [5.74, 6) is 0.182. The lowest BCUT2D eigenvalue weighted by atomic mass is 9.85. The predicted molar refractivity (Wildman–Crippen MR) is 61.0 cm³/mol. The number of hydrogen-bond acceptors (Lipinski definition) is 4. The van der Waals surface area contributed by atoms with Crippen molar-refractivity contribution < 1.29 is 10.3 Å². The molecule has 0 bridgehead atoms. The molecule has 90 valence electrons. The number of nitrogens with two attached hydrogens (primary N) is 1. The maximum absolute atomic E-state index is 9.91. The zero-order chi connectivity index (χ0) is 12.3. The summed E-state index contributed by atoms with van der Waals surface area (Å²) in [6.45, 7) is 9.24. The van der Waals surface area contributed by atoms with Gasteiger partial charge in [0.15, 0.2) is 0 Å². The molecule has 1 atom stereocenters. The van der Waals surface area contributed by atoms with Gasteiger partial charge in [0.1, 0.15) is 5.84 Å². The molecule has 0 aliphatic heterocycles. The monoisotopic (exact) mass is 217 g/mol. The third-order valence-electron chi connectivity index (χ3n) is 2.78. The van der Waals surface area contributed by atoms with Gasteiger partial charge in [-0.2, -0.15) is 0 Å². The van der Waals surface area contributed by atoms with Crippen LogP contribution in [-0.2, 0) is 0 Å². The third-order valence-corrected chi connectivity index (χ3v) is 2.78. The minimum absolute atomic E-state index is 0.0299. The van der Waals surface area contributed by atoms with Gasteiger partial charge in [0.05, 0.1) is 5.60 Å². The molecule has 0 aliphatic carbocycles. The first-order valence-electron chi connectivity index (χ1n) is 5.06. The highest BCUT2D eigenvalue weighted by Gasteiger charge is 2.35. The van der Waals surface area contributed by atoms with Crippen LogP contribution in [0.15, 0.2) is 5.16 Å². The van der Waals surface area contributed by atoms with Crippen LogP contribution in [0.4, 0.5) is 0 Å². The summed E-state index contributed by atoms with van der Waals surface area (Å²) in [4.78, 5) is 0. The Bertz CT molecular complexity index is 231. The molecule has 5 N–H and O–H groups in total. The van der Waals surface area contributed by atoms with Gasteiger partial charge in [0.2, 0.25) is 0 Å². The average Bonchev–Trinajstić information content (AvgIpc) is 2.00. The van der Waals surface area contributed by atoms with Gasteiger partial charge in [-0.15, -0.1) is 0 Å². The number of aliphatic hydroxyl groups is 1. The van der Waals surface area contributed by atoms with Gasteiger partial charge in [-0.05, 0) is 34.6 Å². The Labute approximate surface area is 91.4 Å². The van der Waals surface area contributed by atoms with E-state index < -0.39 is 11.1 Å². The molecule has 0 saturated heterocycles. The van der Waals surface area contributed by atoms with Crippen LogP contribution in [-0.4, -0.2) is 33.3 Å². The summed E-state index contributed by atoms with van der Waals surface area (Å²) in [7, 11) is 0. The Kier molecular flexibility index (Phi) is 4.55. The number of nitrogens with zero attached hydrogens (tertiary/aromatic N) is 1. The highest BCUT2D eigenvalue weighted by molar-refractivity contribution is 5.80. The van der Waals surface area contributed by atoms with Gasteiger partial charge in [0.25, 0.3) is 0 Å². The van der Waals surface area contributed by atoms with Crippen molar-refractivity contribution in [2.24, 2.45) is 10.9 Å². The van der Waals surface area contributed by atoms with E-state index >= 15 is 0 Å². The minimum Gasteiger partial charge on any atom is -0.409 e. The molecule has 0 amide bonds. The standard InChI is InChI=1S/C10H23N3O2/c1-7(6-8(11)13-15)12-9(2,3)10(4,5)14/h7,12,14-15H,6H2,1-5H3,(H2,11,13). The number of amidine groups is 1. The van der Waals surface area contributed by atoms with E-state index in [0.717, 1.165) is 0 Å². The molecule has 0 aromatic carbocycles. The highest BCUT2D eigenvalue weighted by atomic mass is 16.4. The first-order valence-corrected chi connectivity index (χ1v) is 5.06. The van der Waals surface area contributed by atoms with E-state index in [2.05, 4.69) is 10.5 Å². The molecular weight excluding hydrogens is 194 g/mol. The Morgan fingerprint density at radius 3 is 2.20 bits per heavy atom. The summed E-state index contributed by atoms with van der Waals surface area (Å²) in [5, 5.41) is 24.5. The first-order chi connectivity index (χ1) is 6.60. The van der Waals surface area contributed by atoms with Gasteiger partial charge >= 0.3 is 0 Å². The lowest BCUT2D eigenvalue weighted by Gasteiger charge is -2.40. The second-order valence-corrected chi connectivity index (χ2v) is 5.02. The normalized spacial score (nSPS) is 16.5. The van der Waals surface area contributed by atoms with Crippen LogP contribution in [0, 0.1) is 0 Å². The summed E-state index contributed by atoms with van der Waals surface area (Å²) >= 11 is 0. The lowest BCUT2D eigenvalue weighted by Crippen LogP contribution is -2.58. The third kappa shape index (κ3) is 4.48. The molecule has 15 heavy (non-hydrogen) atoms.